The lowest BCUT2D eigenvalue weighted by Crippen LogP contribution is -2.38. The van der Waals surface area contributed by atoms with Gasteiger partial charge >= 0.3 is 5.97 Å². The normalized spacial score (nSPS) is 29.2. The number of imide groups is 1. The second kappa shape index (κ2) is 6.61. The molecule has 1 aromatic rings. The Balaban J connectivity index is 1.34. The molecule has 0 unspecified atom stereocenters. The molecule has 3 fully saturated rings. The molecule has 136 valence electrons. The molecule has 0 spiro atoms. The van der Waals surface area contributed by atoms with Gasteiger partial charge in [0.2, 0.25) is 11.8 Å². The number of hydrogen-bond donors (Lipinski definition) is 0. The minimum absolute atomic E-state index is 0.247. The SMILES string of the molecule is O=C(CN1C(=O)[C@@H]2[C@H]3CC[C@@H](C3)[C@@H]2C1=O)OCC(=O)c1ccc(Br)cc1. The molecule has 0 N–H and O–H groups in total. The maximum atomic E-state index is 12.5. The number of halogens is 1. The van der Waals surface area contributed by atoms with E-state index in [9.17, 15) is 19.2 Å². The van der Waals surface area contributed by atoms with Crippen molar-refractivity contribution in [1.82, 2.24) is 4.90 Å². The summed E-state index contributed by atoms with van der Waals surface area (Å²) in [5.74, 6) is -1.50. The molecular formula is C19H18BrNO5. The molecular weight excluding hydrogens is 402 g/mol. The Morgan fingerprint density at radius 3 is 2.19 bits per heavy atom. The van der Waals surface area contributed by atoms with Crippen molar-refractivity contribution in [3.8, 4) is 0 Å². The van der Waals surface area contributed by atoms with Gasteiger partial charge in [-0.05, 0) is 43.2 Å². The third-order valence-electron chi connectivity index (χ3n) is 5.84. The minimum atomic E-state index is -0.732. The van der Waals surface area contributed by atoms with Gasteiger partial charge in [0, 0.05) is 10.0 Å². The number of ether oxygens (including phenoxy) is 1. The predicted molar refractivity (Wildman–Crippen MR) is 94.0 cm³/mol. The van der Waals surface area contributed by atoms with Crippen LogP contribution >= 0.6 is 15.9 Å². The van der Waals surface area contributed by atoms with Crippen LogP contribution in [0.25, 0.3) is 0 Å². The summed E-state index contributed by atoms with van der Waals surface area (Å²) in [5.41, 5.74) is 0.431. The van der Waals surface area contributed by atoms with Crippen molar-refractivity contribution in [2.75, 3.05) is 13.2 Å². The van der Waals surface area contributed by atoms with Gasteiger partial charge in [0.15, 0.2) is 12.4 Å². The summed E-state index contributed by atoms with van der Waals surface area (Å²) in [6.45, 7) is -0.813. The molecule has 2 bridgehead atoms. The highest BCUT2D eigenvalue weighted by Gasteiger charge is 2.61. The van der Waals surface area contributed by atoms with Crippen molar-refractivity contribution in [3.63, 3.8) is 0 Å². The first-order valence-electron chi connectivity index (χ1n) is 8.75. The first kappa shape index (κ1) is 17.4. The highest BCUT2D eigenvalue weighted by atomic mass is 79.9. The van der Waals surface area contributed by atoms with Crippen molar-refractivity contribution < 1.29 is 23.9 Å². The molecule has 1 heterocycles. The number of esters is 1. The zero-order chi connectivity index (χ0) is 18.4. The first-order chi connectivity index (χ1) is 12.5. The number of likely N-dealkylation sites (tertiary alicyclic amines) is 1. The first-order valence-corrected chi connectivity index (χ1v) is 9.54. The zero-order valence-electron chi connectivity index (χ0n) is 14.0. The van der Waals surface area contributed by atoms with Gasteiger partial charge in [0.05, 0.1) is 11.8 Å². The standard InChI is InChI=1S/C19H18BrNO5/c20-13-5-3-10(4-6-13)14(22)9-26-15(23)8-21-18(24)16-11-1-2-12(7-11)17(16)19(21)25/h3-6,11-12,16-17H,1-2,7-9H2/t11-,12-,16-,17+/m0/s1. The maximum absolute atomic E-state index is 12.5. The summed E-state index contributed by atoms with van der Waals surface area (Å²) in [4.78, 5) is 50.2. The van der Waals surface area contributed by atoms with E-state index in [1.54, 1.807) is 24.3 Å². The number of hydrogen-bond acceptors (Lipinski definition) is 5. The van der Waals surface area contributed by atoms with Crippen molar-refractivity contribution in [1.29, 1.82) is 0 Å². The molecule has 4 rings (SSSR count). The van der Waals surface area contributed by atoms with Crippen molar-refractivity contribution in [2.45, 2.75) is 19.3 Å². The number of carbonyl (C=O) groups excluding carboxylic acids is 4. The van der Waals surface area contributed by atoms with E-state index in [1.807, 2.05) is 0 Å². The van der Waals surface area contributed by atoms with E-state index in [1.165, 1.54) is 0 Å². The topological polar surface area (TPSA) is 80.8 Å². The molecule has 2 amide bonds. The number of amides is 2. The van der Waals surface area contributed by atoms with Gasteiger partial charge in [-0.1, -0.05) is 28.1 Å². The monoisotopic (exact) mass is 419 g/mol. The Bertz CT molecular complexity index is 762. The Labute approximate surface area is 159 Å². The summed E-state index contributed by atoms with van der Waals surface area (Å²) < 4.78 is 5.84. The molecule has 26 heavy (non-hydrogen) atoms. The zero-order valence-corrected chi connectivity index (χ0v) is 15.6. The van der Waals surface area contributed by atoms with Gasteiger partial charge in [-0.3, -0.25) is 24.1 Å². The molecule has 1 aliphatic heterocycles. The van der Waals surface area contributed by atoms with Gasteiger partial charge in [-0.25, -0.2) is 0 Å². The van der Waals surface area contributed by atoms with E-state index in [0.717, 1.165) is 28.6 Å². The van der Waals surface area contributed by atoms with E-state index in [0.29, 0.717) is 5.56 Å². The van der Waals surface area contributed by atoms with Crippen molar-refractivity contribution in [3.05, 3.63) is 34.3 Å². The number of rotatable bonds is 5. The van der Waals surface area contributed by atoms with Gasteiger partial charge in [-0.15, -0.1) is 0 Å². The molecule has 6 nitrogen and oxygen atoms in total. The molecule has 1 aromatic carbocycles. The number of Topliss-reactive ketones (excluding diaryl/α,β-unsaturated/α-hetero) is 1. The summed E-state index contributed by atoms with van der Waals surface area (Å²) in [7, 11) is 0. The second-order valence-electron chi connectivity index (χ2n) is 7.24. The maximum Gasteiger partial charge on any atom is 0.326 e. The van der Waals surface area contributed by atoms with Crippen molar-refractivity contribution >= 4 is 39.5 Å². The summed E-state index contributed by atoms with van der Waals surface area (Å²) >= 11 is 3.28. The molecule has 1 saturated heterocycles. The van der Waals surface area contributed by atoms with Gasteiger partial charge in [0.1, 0.15) is 6.54 Å². The average molecular weight is 420 g/mol. The van der Waals surface area contributed by atoms with Crippen molar-refractivity contribution in [2.24, 2.45) is 23.7 Å². The summed E-state index contributed by atoms with van der Waals surface area (Å²) in [5, 5.41) is 0. The third-order valence-corrected chi connectivity index (χ3v) is 6.37. The largest absolute Gasteiger partial charge is 0.456 e. The molecule has 0 aromatic heterocycles. The van der Waals surface area contributed by atoms with Gasteiger partial charge in [-0.2, -0.15) is 0 Å². The average Bonchev–Trinajstić information content (AvgIpc) is 3.30. The number of benzene rings is 1. The van der Waals surface area contributed by atoms with E-state index < -0.39 is 19.1 Å². The fourth-order valence-corrected chi connectivity index (χ4v) is 4.93. The predicted octanol–water partition coefficient (Wildman–Crippen LogP) is 2.21. The molecule has 2 aliphatic carbocycles. The Morgan fingerprint density at radius 1 is 1.04 bits per heavy atom. The van der Waals surface area contributed by atoms with Crippen LogP contribution in [-0.4, -0.2) is 41.6 Å². The smallest absolute Gasteiger partial charge is 0.326 e. The van der Waals surface area contributed by atoms with Crippen LogP contribution in [0.1, 0.15) is 29.6 Å². The van der Waals surface area contributed by atoms with Gasteiger partial charge < -0.3 is 4.74 Å². The summed E-state index contributed by atoms with van der Waals surface area (Å²) in [6, 6.07) is 6.71. The van der Waals surface area contributed by atoms with E-state index >= 15 is 0 Å². The quantitative estimate of drug-likeness (QED) is 0.415. The van der Waals surface area contributed by atoms with Crippen LogP contribution in [0.5, 0.6) is 0 Å². The second-order valence-corrected chi connectivity index (χ2v) is 8.15. The lowest BCUT2D eigenvalue weighted by molar-refractivity contribution is -0.152. The van der Waals surface area contributed by atoms with Crippen LogP contribution in [0.15, 0.2) is 28.7 Å². The van der Waals surface area contributed by atoms with Crippen LogP contribution < -0.4 is 0 Å². The van der Waals surface area contributed by atoms with E-state index in [4.69, 9.17) is 4.74 Å². The van der Waals surface area contributed by atoms with Crippen LogP contribution in [0.2, 0.25) is 0 Å². The number of carbonyl (C=O) groups is 4. The number of nitrogens with zero attached hydrogens (tertiary/aromatic N) is 1. The Hall–Kier alpha value is -2.02. The Kier molecular flexibility index (Phi) is 4.42. The van der Waals surface area contributed by atoms with Crippen LogP contribution in [0.3, 0.4) is 0 Å². The summed E-state index contributed by atoms with van der Waals surface area (Å²) in [6.07, 6.45) is 2.93. The Morgan fingerprint density at radius 2 is 1.62 bits per heavy atom. The lowest BCUT2D eigenvalue weighted by Gasteiger charge is -2.19. The molecule has 2 saturated carbocycles. The molecule has 0 radical (unpaired) electrons. The minimum Gasteiger partial charge on any atom is -0.456 e. The lowest BCUT2D eigenvalue weighted by atomic mass is 9.81. The number of ketones is 1. The highest BCUT2D eigenvalue weighted by molar-refractivity contribution is 9.10. The molecule has 7 heteroatoms. The molecule has 3 aliphatic rings. The third kappa shape index (κ3) is 2.88. The van der Waals surface area contributed by atoms with Crippen LogP contribution in [0, 0.1) is 23.7 Å². The van der Waals surface area contributed by atoms with E-state index in [-0.39, 0.29) is 41.3 Å². The van der Waals surface area contributed by atoms with Gasteiger partial charge in [0.25, 0.3) is 0 Å². The highest BCUT2D eigenvalue weighted by Crippen LogP contribution is 2.56. The van der Waals surface area contributed by atoms with Crippen LogP contribution in [-0.2, 0) is 19.1 Å². The fraction of sp³-hybridized carbons (Fsp3) is 0.474. The fourth-order valence-electron chi connectivity index (χ4n) is 4.67. The van der Waals surface area contributed by atoms with E-state index in [2.05, 4.69) is 15.9 Å². The number of fused-ring (bicyclic) bond motifs is 5. The van der Waals surface area contributed by atoms with Crippen LogP contribution in [0.4, 0.5) is 0 Å². The molecule has 4 atom stereocenters.